The molecule has 2 atom stereocenters. The Morgan fingerprint density at radius 1 is 0.946 bits per heavy atom. The van der Waals surface area contributed by atoms with E-state index in [1.807, 2.05) is 41.3 Å². The molecule has 3 aromatic rings. The van der Waals surface area contributed by atoms with Crippen LogP contribution in [-0.4, -0.2) is 27.8 Å². The smallest absolute Gasteiger partial charge is 0.329 e. The number of ether oxygens (including phenoxy) is 1. The zero-order valence-corrected chi connectivity index (χ0v) is 21.6. The highest BCUT2D eigenvalue weighted by molar-refractivity contribution is 5.90. The summed E-state index contributed by atoms with van der Waals surface area (Å²) in [5.74, 6) is 2.18. The first-order valence-electron chi connectivity index (χ1n) is 14.1. The molecular formula is C32H36N2O3. The van der Waals surface area contributed by atoms with E-state index in [0.717, 1.165) is 46.3 Å². The SMILES string of the molecule is CC(=O)N1[C@H](CC23CC4CC(CC(C4)C2)C3)c2[nH]c3ccccc3c2C[C@H]1C(=O)OCc1ccccc1. The Morgan fingerprint density at radius 3 is 2.27 bits per heavy atom. The minimum Gasteiger partial charge on any atom is -0.459 e. The van der Waals surface area contributed by atoms with Crippen molar-refractivity contribution in [3.05, 3.63) is 71.4 Å². The van der Waals surface area contributed by atoms with E-state index < -0.39 is 6.04 Å². The van der Waals surface area contributed by atoms with Crippen LogP contribution in [0.15, 0.2) is 54.6 Å². The Morgan fingerprint density at radius 2 is 1.59 bits per heavy atom. The molecule has 1 amide bonds. The maximum atomic E-state index is 13.6. The van der Waals surface area contributed by atoms with Gasteiger partial charge < -0.3 is 14.6 Å². The summed E-state index contributed by atoms with van der Waals surface area (Å²) in [6, 6.07) is 17.4. The lowest BCUT2D eigenvalue weighted by atomic mass is 9.48. The lowest BCUT2D eigenvalue weighted by Crippen LogP contribution is -2.54. The first-order valence-corrected chi connectivity index (χ1v) is 14.1. The lowest BCUT2D eigenvalue weighted by Gasteiger charge is -2.58. The Labute approximate surface area is 218 Å². The number of amides is 1. The summed E-state index contributed by atoms with van der Waals surface area (Å²) >= 11 is 0. The van der Waals surface area contributed by atoms with Crippen molar-refractivity contribution < 1.29 is 14.3 Å². The van der Waals surface area contributed by atoms with E-state index in [1.165, 1.54) is 44.1 Å². The van der Waals surface area contributed by atoms with E-state index in [9.17, 15) is 9.59 Å². The van der Waals surface area contributed by atoms with E-state index >= 15 is 0 Å². The molecule has 5 nitrogen and oxygen atoms in total. The van der Waals surface area contributed by atoms with Gasteiger partial charge in [-0.3, -0.25) is 4.79 Å². The van der Waals surface area contributed by atoms with Gasteiger partial charge in [0.15, 0.2) is 0 Å². The third-order valence-electron chi connectivity index (χ3n) is 9.90. The van der Waals surface area contributed by atoms with Crippen molar-refractivity contribution in [2.24, 2.45) is 23.2 Å². The number of rotatable bonds is 5. The normalized spacial score (nSPS) is 31.9. The zero-order valence-electron chi connectivity index (χ0n) is 21.6. The summed E-state index contributed by atoms with van der Waals surface area (Å²) in [5, 5.41) is 1.16. The molecule has 5 heteroatoms. The maximum Gasteiger partial charge on any atom is 0.329 e. The van der Waals surface area contributed by atoms with E-state index in [2.05, 4.69) is 23.2 Å². The Bertz CT molecular complexity index is 1310. The van der Waals surface area contributed by atoms with Crippen LogP contribution in [0.25, 0.3) is 10.9 Å². The quantitative estimate of drug-likeness (QED) is 0.420. The molecule has 0 spiro atoms. The first kappa shape index (κ1) is 23.1. The molecule has 4 fully saturated rings. The van der Waals surface area contributed by atoms with Crippen molar-refractivity contribution in [1.82, 2.24) is 9.88 Å². The van der Waals surface area contributed by atoms with Crippen LogP contribution >= 0.6 is 0 Å². The van der Waals surface area contributed by atoms with Gasteiger partial charge in [-0.1, -0.05) is 48.5 Å². The number of aromatic amines is 1. The molecule has 5 aliphatic rings. The molecule has 0 radical (unpaired) electrons. The van der Waals surface area contributed by atoms with Crippen LogP contribution in [0, 0.1) is 23.2 Å². The van der Waals surface area contributed by atoms with Crippen molar-refractivity contribution in [3.63, 3.8) is 0 Å². The number of aromatic nitrogens is 1. The average molecular weight is 497 g/mol. The number of hydrogen-bond donors (Lipinski definition) is 1. The Kier molecular flexibility index (Phi) is 5.45. The van der Waals surface area contributed by atoms with Crippen LogP contribution in [0.4, 0.5) is 0 Å². The summed E-state index contributed by atoms with van der Waals surface area (Å²) < 4.78 is 5.85. The number of fused-ring (bicyclic) bond motifs is 3. The number of esters is 1. The fourth-order valence-corrected chi connectivity index (χ4v) is 8.98. The van der Waals surface area contributed by atoms with Crippen LogP contribution in [-0.2, 0) is 27.4 Å². The van der Waals surface area contributed by atoms with Crippen LogP contribution in [0.1, 0.15) is 74.7 Å². The Hall–Kier alpha value is -3.08. The standard InChI is InChI=1S/C32H36N2O3/c1-20(35)34-28(31(36)37-19-21-7-3-2-4-8-21)14-26-25-9-5-6-10-27(25)33-30(26)29(34)18-32-15-22-11-23(16-32)13-24(12-22)17-32/h2-10,22-24,28-29,33H,11-19H2,1H3/t22?,23?,24?,28-,29+,32?/m0/s1. The molecule has 1 aromatic heterocycles. The van der Waals surface area contributed by atoms with Crippen molar-refractivity contribution in [2.75, 3.05) is 0 Å². The third-order valence-corrected chi connectivity index (χ3v) is 9.90. The van der Waals surface area contributed by atoms with Crippen LogP contribution in [0.5, 0.6) is 0 Å². The number of nitrogens with zero attached hydrogens (tertiary/aromatic N) is 1. The van der Waals surface area contributed by atoms with Gasteiger partial charge in [-0.2, -0.15) is 0 Å². The molecule has 4 bridgehead atoms. The number of nitrogens with one attached hydrogen (secondary N) is 1. The highest BCUT2D eigenvalue weighted by Crippen LogP contribution is 2.63. The second kappa shape index (κ2) is 8.75. The molecule has 37 heavy (non-hydrogen) atoms. The Balaban J connectivity index is 1.26. The monoisotopic (exact) mass is 496 g/mol. The predicted octanol–water partition coefficient (Wildman–Crippen LogP) is 6.33. The van der Waals surface area contributed by atoms with Gasteiger partial charge in [0.1, 0.15) is 12.6 Å². The van der Waals surface area contributed by atoms with E-state index in [4.69, 9.17) is 4.74 Å². The topological polar surface area (TPSA) is 62.4 Å². The molecule has 192 valence electrons. The molecular weight excluding hydrogens is 460 g/mol. The van der Waals surface area contributed by atoms with Crippen LogP contribution in [0.3, 0.4) is 0 Å². The van der Waals surface area contributed by atoms with Gasteiger partial charge in [0, 0.05) is 29.9 Å². The van der Waals surface area contributed by atoms with Crippen molar-refractivity contribution in [2.45, 2.75) is 77.0 Å². The summed E-state index contributed by atoms with van der Waals surface area (Å²) in [7, 11) is 0. The molecule has 2 heterocycles. The van der Waals surface area contributed by atoms with Crippen molar-refractivity contribution >= 4 is 22.8 Å². The predicted molar refractivity (Wildman–Crippen MR) is 143 cm³/mol. The third kappa shape index (κ3) is 3.98. The number of para-hydroxylation sites is 1. The van der Waals surface area contributed by atoms with Crippen LogP contribution < -0.4 is 0 Å². The van der Waals surface area contributed by atoms with Gasteiger partial charge in [0.25, 0.3) is 0 Å². The van der Waals surface area contributed by atoms with Gasteiger partial charge in [0.2, 0.25) is 5.91 Å². The van der Waals surface area contributed by atoms with Gasteiger partial charge in [-0.25, -0.2) is 4.79 Å². The first-order chi connectivity index (χ1) is 18.0. The van der Waals surface area contributed by atoms with Gasteiger partial charge in [-0.05, 0) is 85.3 Å². The largest absolute Gasteiger partial charge is 0.459 e. The fraction of sp³-hybridized carbons (Fsp3) is 0.500. The number of hydrogen-bond acceptors (Lipinski definition) is 3. The molecule has 1 N–H and O–H groups in total. The van der Waals surface area contributed by atoms with Crippen molar-refractivity contribution in [1.29, 1.82) is 0 Å². The van der Waals surface area contributed by atoms with Gasteiger partial charge in [-0.15, -0.1) is 0 Å². The van der Waals surface area contributed by atoms with E-state index in [-0.39, 0.29) is 29.9 Å². The molecule has 0 unspecified atom stereocenters. The molecule has 8 rings (SSSR count). The number of H-pyrrole nitrogens is 1. The highest BCUT2D eigenvalue weighted by atomic mass is 16.5. The summed E-state index contributed by atoms with van der Waals surface area (Å²) in [6.07, 6.45) is 9.45. The molecule has 2 aromatic carbocycles. The fourth-order valence-electron chi connectivity index (χ4n) is 8.98. The minimum absolute atomic E-state index is 0.0410. The maximum absolute atomic E-state index is 13.6. The summed E-state index contributed by atoms with van der Waals surface area (Å²) in [4.78, 5) is 32.5. The molecule has 4 aliphatic carbocycles. The second-order valence-electron chi connectivity index (χ2n) is 12.4. The number of carbonyl (C=O) groups excluding carboxylic acids is 2. The molecule has 1 aliphatic heterocycles. The van der Waals surface area contributed by atoms with Crippen LogP contribution in [0.2, 0.25) is 0 Å². The molecule has 0 saturated heterocycles. The summed E-state index contributed by atoms with van der Waals surface area (Å²) in [6.45, 7) is 1.85. The van der Waals surface area contributed by atoms with E-state index in [1.54, 1.807) is 6.92 Å². The second-order valence-corrected chi connectivity index (χ2v) is 12.4. The van der Waals surface area contributed by atoms with E-state index in [0.29, 0.717) is 6.42 Å². The molecule has 4 saturated carbocycles. The minimum atomic E-state index is -0.605. The number of carbonyl (C=O) groups is 2. The zero-order chi connectivity index (χ0) is 25.1. The van der Waals surface area contributed by atoms with Gasteiger partial charge in [0.05, 0.1) is 6.04 Å². The number of benzene rings is 2. The average Bonchev–Trinajstić information content (AvgIpc) is 3.25. The van der Waals surface area contributed by atoms with Crippen molar-refractivity contribution in [3.8, 4) is 0 Å². The lowest BCUT2D eigenvalue weighted by molar-refractivity contribution is -0.160. The summed E-state index contributed by atoms with van der Waals surface area (Å²) in [5.41, 5.74) is 4.64. The van der Waals surface area contributed by atoms with Gasteiger partial charge >= 0.3 is 5.97 Å². The highest BCUT2D eigenvalue weighted by Gasteiger charge is 2.54.